The van der Waals surface area contributed by atoms with Crippen LogP contribution in [0.15, 0.2) is 42.5 Å². The second kappa shape index (κ2) is 6.83. The number of hydrogen-bond acceptors (Lipinski definition) is 3. The zero-order chi connectivity index (χ0) is 18.0. The summed E-state index contributed by atoms with van der Waals surface area (Å²) < 4.78 is 7.46. The highest BCUT2D eigenvalue weighted by Gasteiger charge is 2.18. The van der Waals surface area contributed by atoms with Crippen LogP contribution in [0.5, 0.6) is 5.75 Å². The number of methoxy groups -OCH3 is 1. The van der Waals surface area contributed by atoms with Gasteiger partial charge in [0.1, 0.15) is 11.8 Å². The molecular weight excluding hydrogens is 332 g/mol. The number of fused-ring (bicyclic) bond motifs is 1. The standard InChI is InChI=1S/C19H18N4OS/c1-3-23-17-10-14(24-2)7-8-15(17)16(11-20)18(23)12-5-4-6-13(9-12)22-19(21)25/h4-10H,3H2,1-2H3,(H3,21,22,25). The Morgan fingerprint density at radius 1 is 1.32 bits per heavy atom. The zero-order valence-electron chi connectivity index (χ0n) is 14.0. The summed E-state index contributed by atoms with van der Waals surface area (Å²) in [7, 11) is 1.64. The molecule has 6 heteroatoms. The van der Waals surface area contributed by atoms with E-state index in [1.807, 2.05) is 42.5 Å². The smallest absolute Gasteiger partial charge is 0.168 e. The fraction of sp³-hybridized carbons (Fsp3) is 0.158. The van der Waals surface area contributed by atoms with Crippen LogP contribution in [-0.2, 0) is 6.54 Å². The molecule has 0 aliphatic rings. The van der Waals surface area contributed by atoms with Crippen molar-refractivity contribution in [2.45, 2.75) is 13.5 Å². The van der Waals surface area contributed by atoms with Crippen molar-refractivity contribution in [1.29, 1.82) is 5.26 Å². The minimum atomic E-state index is 0.207. The second-order valence-corrected chi connectivity index (χ2v) is 5.97. The highest BCUT2D eigenvalue weighted by Crippen LogP contribution is 2.36. The largest absolute Gasteiger partial charge is 0.497 e. The van der Waals surface area contributed by atoms with E-state index in [2.05, 4.69) is 22.9 Å². The summed E-state index contributed by atoms with van der Waals surface area (Å²) in [6.45, 7) is 2.79. The molecule has 0 bridgehead atoms. The van der Waals surface area contributed by atoms with Gasteiger partial charge < -0.3 is 20.4 Å². The molecule has 3 N–H and O–H groups in total. The first-order chi connectivity index (χ1) is 12.1. The Hall–Kier alpha value is -3.04. The van der Waals surface area contributed by atoms with Crippen molar-refractivity contribution in [3.63, 3.8) is 0 Å². The van der Waals surface area contributed by atoms with Crippen LogP contribution < -0.4 is 15.8 Å². The van der Waals surface area contributed by atoms with Crippen LogP contribution in [0.1, 0.15) is 12.5 Å². The van der Waals surface area contributed by atoms with Crippen molar-refractivity contribution in [3.8, 4) is 23.1 Å². The Kier molecular flexibility index (Phi) is 4.59. The first-order valence-corrected chi connectivity index (χ1v) is 8.27. The van der Waals surface area contributed by atoms with Gasteiger partial charge in [-0.05, 0) is 43.4 Å². The summed E-state index contributed by atoms with van der Waals surface area (Å²) >= 11 is 4.91. The van der Waals surface area contributed by atoms with E-state index < -0.39 is 0 Å². The van der Waals surface area contributed by atoms with Crippen molar-refractivity contribution in [3.05, 3.63) is 48.0 Å². The normalized spacial score (nSPS) is 10.4. The Morgan fingerprint density at radius 3 is 2.76 bits per heavy atom. The number of ether oxygens (including phenoxy) is 1. The molecule has 25 heavy (non-hydrogen) atoms. The number of rotatable bonds is 4. The molecule has 1 aromatic heterocycles. The van der Waals surface area contributed by atoms with Crippen molar-refractivity contribution < 1.29 is 4.74 Å². The Morgan fingerprint density at radius 2 is 2.12 bits per heavy atom. The minimum absolute atomic E-state index is 0.207. The first-order valence-electron chi connectivity index (χ1n) is 7.86. The highest BCUT2D eigenvalue weighted by atomic mass is 32.1. The number of benzene rings is 2. The Labute approximate surface area is 151 Å². The summed E-state index contributed by atoms with van der Waals surface area (Å²) in [5, 5.41) is 13.8. The lowest BCUT2D eigenvalue weighted by Gasteiger charge is -2.11. The maximum absolute atomic E-state index is 9.78. The lowest BCUT2D eigenvalue weighted by atomic mass is 10.1. The first kappa shape index (κ1) is 16.8. The number of nitriles is 1. The van der Waals surface area contributed by atoms with E-state index in [1.54, 1.807) is 7.11 Å². The summed E-state index contributed by atoms with van der Waals surface area (Å²) in [4.78, 5) is 0. The van der Waals surface area contributed by atoms with Crippen molar-refractivity contribution in [2.75, 3.05) is 12.4 Å². The molecule has 0 aliphatic heterocycles. The molecule has 0 radical (unpaired) electrons. The molecule has 0 atom stereocenters. The fourth-order valence-electron chi connectivity index (χ4n) is 3.08. The predicted octanol–water partition coefficient (Wildman–Crippen LogP) is 3.86. The predicted molar refractivity (Wildman–Crippen MR) is 105 cm³/mol. The number of nitrogens with two attached hydrogens (primary N) is 1. The minimum Gasteiger partial charge on any atom is -0.497 e. The third kappa shape index (κ3) is 3.02. The molecule has 3 rings (SSSR count). The van der Waals surface area contributed by atoms with Crippen LogP contribution in [0, 0.1) is 11.3 Å². The number of aromatic nitrogens is 1. The van der Waals surface area contributed by atoms with Crippen LogP contribution in [0.4, 0.5) is 5.69 Å². The van der Waals surface area contributed by atoms with Crippen LogP contribution >= 0.6 is 12.2 Å². The maximum atomic E-state index is 9.78. The molecule has 0 saturated carbocycles. The average Bonchev–Trinajstić information content (AvgIpc) is 2.93. The maximum Gasteiger partial charge on any atom is 0.168 e. The molecule has 2 aromatic carbocycles. The van der Waals surface area contributed by atoms with Crippen LogP contribution in [0.3, 0.4) is 0 Å². The molecule has 0 aliphatic carbocycles. The third-order valence-corrected chi connectivity index (χ3v) is 4.21. The van der Waals surface area contributed by atoms with E-state index >= 15 is 0 Å². The molecule has 1 heterocycles. The molecule has 0 unspecified atom stereocenters. The average molecular weight is 350 g/mol. The zero-order valence-corrected chi connectivity index (χ0v) is 14.9. The number of thiocarbonyl (C=S) groups is 1. The number of nitrogens with zero attached hydrogens (tertiary/aromatic N) is 2. The van der Waals surface area contributed by atoms with Gasteiger partial charge in [-0.1, -0.05) is 12.1 Å². The van der Waals surface area contributed by atoms with Gasteiger partial charge in [-0.2, -0.15) is 5.26 Å². The van der Waals surface area contributed by atoms with Gasteiger partial charge in [0.25, 0.3) is 0 Å². The molecule has 0 fully saturated rings. The van der Waals surface area contributed by atoms with E-state index in [-0.39, 0.29) is 5.11 Å². The quantitative estimate of drug-likeness (QED) is 0.699. The van der Waals surface area contributed by atoms with Gasteiger partial charge in [-0.15, -0.1) is 0 Å². The monoisotopic (exact) mass is 350 g/mol. The SMILES string of the molecule is CCn1c(-c2cccc(NC(N)=S)c2)c(C#N)c2ccc(OC)cc21. The summed E-state index contributed by atoms with van der Waals surface area (Å²) in [5.41, 5.74) is 9.78. The van der Waals surface area contributed by atoms with Crippen molar-refractivity contribution in [1.82, 2.24) is 4.57 Å². The van der Waals surface area contributed by atoms with Crippen LogP contribution in [0.2, 0.25) is 0 Å². The van der Waals surface area contributed by atoms with Gasteiger partial charge in [0.15, 0.2) is 5.11 Å². The molecule has 0 amide bonds. The number of nitrogens with one attached hydrogen (secondary N) is 1. The summed E-state index contributed by atoms with van der Waals surface area (Å²) in [6, 6.07) is 15.8. The third-order valence-electron chi connectivity index (χ3n) is 4.10. The van der Waals surface area contributed by atoms with Crippen LogP contribution in [-0.4, -0.2) is 16.8 Å². The van der Waals surface area contributed by atoms with E-state index in [1.165, 1.54) is 0 Å². The fourth-order valence-corrected chi connectivity index (χ4v) is 3.20. The molecule has 0 saturated heterocycles. The highest BCUT2D eigenvalue weighted by molar-refractivity contribution is 7.80. The van der Waals surface area contributed by atoms with Crippen molar-refractivity contribution >= 4 is 33.9 Å². The number of aryl methyl sites for hydroxylation is 1. The van der Waals surface area contributed by atoms with E-state index in [0.717, 1.165) is 40.1 Å². The second-order valence-electron chi connectivity index (χ2n) is 5.53. The summed E-state index contributed by atoms with van der Waals surface area (Å²) in [5.74, 6) is 0.764. The number of anilines is 1. The number of hydrogen-bond donors (Lipinski definition) is 2. The van der Waals surface area contributed by atoms with E-state index in [9.17, 15) is 5.26 Å². The van der Waals surface area contributed by atoms with Gasteiger partial charge >= 0.3 is 0 Å². The topological polar surface area (TPSA) is 76.0 Å². The van der Waals surface area contributed by atoms with Gasteiger partial charge in [0.2, 0.25) is 0 Å². The molecule has 3 aromatic rings. The van der Waals surface area contributed by atoms with E-state index in [0.29, 0.717) is 5.56 Å². The van der Waals surface area contributed by atoms with Crippen LogP contribution in [0.25, 0.3) is 22.2 Å². The van der Waals surface area contributed by atoms with Gasteiger partial charge in [0, 0.05) is 29.2 Å². The summed E-state index contributed by atoms with van der Waals surface area (Å²) in [6.07, 6.45) is 0. The molecular formula is C19H18N4OS. The lowest BCUT2D eigenvalue weighted by Crippen LogP contribution is -2.18. The van der Waals surface area contributed by atoms with Crippen molar-refractivity contribution in [2.24, 2.45) is 5.73 Å². The van der Waals surface area contributed by atoms with Gasteiger partial charge in [-0.3, -0.25) is 0 Å². The molecule has 126 valence electrons. The lowest BCUT2D eigenvalue weighted by molar-refractivity contribution is 0.415. The van der Waals surface area contributed by atoms with Gasteiger partial charge in [0.05, 0.1) is 23.9 Å². The van der Waals surface area contributed by atoms with E-state index in [4.69, 9.17) is 22.7 Å². The Bertz CT molecular complexity index is 1000. The molecule has 5 nitrogen and oxygen atoms in total. The molecule has 0 spiro atoms. The van der Waals surface area contributed by atoms with Gasteiger partial charge in [-0.25, -0.2) is 0 Å². The Balaban J connectivity index is 2.28.